The van der Waals surface area contributed by atoms with Crippen LogP contribution in [0.2, 0.25) is 0 Å². The first-order chi connectivity index (χ1) is 10.1. The Bertz CT molecular complexity index is 660. The summed E-state index contributed by atoms with van der Waals surface area (Å²) in [6, 6.07) is 14.9. The van der Waals surface area contributed by atoms with Gasteiger partial charge in [0, 0.05) is 8.95 Å². The average molecular weight is 412 g/mol. The minimum absolute atomic E-state index is 0.0910. The molecule has 0 spiro atoms. The molecular weight excluding hydrogens is 400 g/mol. The van der Waals surface area contributed by atoms with Crippen molar-refractivity contribution >= 4 is 44.0 Å². The Labute approximate surface area is 139 Å². The van der Waals surface area contributed by atoms with Crippen LogP contribution in [-0.4, -0.2) is 18.7 Å². The Balaban J connectivity index is 1.80. The minimum atomic E-state index is -0.318. The Kier molecular flexibility index (Phi) is 5.95. The number of rotatable bonds is 5. The Morgan fingerprint density at radius 3 is 2.57 bits per heavy atom. The molecule has 2 aromatic carbocycles. The number of nitrogens with one attached hydrogen (secondary N) is 1. The van der Waals surface area contributed by atoms with Crippen LogP contribution in [-0.2, 0) is 4.79 Å². The number of amides is 1. The molecule has 21 heavy (non-hydrogen) atoms. The molecule has 0 aliphatic rings. The predicted octanol–water partition coefficient (Wildman–Crippen LogP) is 3.74. The van der Waals surface area contributed by atoms with Crippen LogP contribution >= 0.6 is 31.9 Å². The van der Waals surface area contributed by atoms with Crippen LogP contribution in [0.25, 0.3) is 0 Å². The summed E-state index contributed by atoms with van der Waals surface area (Å²) in [6.07, 6.45) is 1.57. The monoisotopic (exact) mass is 410 g/mol. The number of hydrogen-bond donors (Lipinski definition) is 1. The maximum atomic E-state index is 11.6. The van der Waals surface area contributed by atoms with Crippen LogP contribution in [0, 0.1) is 0 Å². The van der Waals surface area contributed by atoms with Crippen LogP contribution in [0.4, 0.5) is 0 Å². The third-order valence-corrected chi connectivity index (χ3v) is 3.40. The lowest BCUT2D eigenvalue weighted by atomic mass is 10.2. The quantitative estimate of drug-likeness (QED) is 0.601. The van der Waals surface area contributed by atoms with Gasteiger partial charge < -0.3 is 4.74 Å². The van der Waals surface area contributed by atoms with E-state index in [0.717, 1.165) is 14.5 Å². The van der Waals surface area contributed by atoms with Gasteiger partial charge in [-0.25, -0.2) is 5.43 Å². The average Bonchev–Trinajstić information content (AvgIpc) is 2.45. The summed E-state index contributed by atoms with van der Waals surface area (Å²) in [7, 11) is 0. The summed E-state index contributed by atoms with van der Waals surface area (Å²) in [5.41, 5.74) is 3.30. The molecule has 2 aromatic rings. The van der Waals surface area contributed by atoms with E-state index in [4.69, 9.17) is 4.74 Å². The summed E-state index contributed by atoms with van der Waals surface area (Å²) in [5, 5.41) is 3.88. The number of hydrogen-bond acceptors (Lipinski definition) is 3. The Morgan fingerprint density at radius 2 is 1.86 bits per heavy atom. The zero-order chi connectivity index (χ0) is 15.1. The molecule has 0 heterocycles. The van der Waals surface area contributed by atoms with Gasteiger partial charge in [0.1, 0.15) is 5.75 Å². The van der Waals surface area contributed by atoms with E-state index in [2.05, 4.69) is 42.4 Å². The molecule has 0 fully saturated rings. The molecule has 108 valence electrons. The zero-order valence-electron chi connectivity index (χ0n) is 10.9. The summed E-state index contributed by atoms with van der Waals surface area (Å²) in [5.74, 6) is 0.303. The van der Waals surface area contributed by atoms with Gasteiger partial charge in [0.05, 0.1) is 6.21 Å². The fourth-order valence-corrected chi connectivity index (χ4v) is 2.30. The number of benzene rings is 2. The van der Waals surface area contributed by atoms with E-state index in [1.807, 2.05) is 36.4 Å². The SMILES string of the molecule is O=C(COc1cccc(Br)c1)N/N=C\c1cccc(Br)c1. The van der Waals surface area contributed by atoms with Crippen LogP contribution in [0.1, 0.15) is 5.56 Å². The van der Waals surface area contributed by atoms with E-state index < -0.39 is 0 Å². The smallest absolute Gasteiger partial charge is 0.277 e. The van der Waals surface area contributed by atoms with Crippen molar-refractivity contribution in [3.63, 3.8) is 0 Å². The van der Waals surface area contributed by atoms with E-state index in [0.29, 0.717) is 5.75 Å². The third-order valence-electron chi connectivity index (χ3n) is 2.42. The van der Waals surface area contributed by atoms with Crippen LogP contribution in [0.5, 0.6) is 5.75 Å². The minimum Gasteiger partial charge on any atom is -0.484 e. The molecule has 4 nitrogen and oxygen atoms in total. The van der Waals surface area contributed by atoms with Gasteiger partial charge in [-0.15, -0.1) is 0 Å². The van der Waals surface area contributed by atoms with Crippen molar-refractivity contribution in [2.24, 2.45) is 5.10 Å². The summed E-state index contributed by atoms with van der Waals surface area (Å²) in [6.45, 7) is -0.0910. The van der Waals surface area contributed by atoms with Crippen LogP contribution < -0.4 is 10.2 Å². The first-order valence-corrected chi connectivity index (χ1v) is 7.68. The molecular formula is C15H12Br2N2O2. The highest BCUT2D eigenvalue weighted by atomic mass is 79.9. The number of halogens is 2. The highest BCUT2D eigenvalue weighted by Crippen LogP contribution is 2.17. The molecule has 0 saturated heterocycles. The van der Waals surface area contributed by atoms with Gasteiger partial charge in [0.2, 0.25) is 0 Å². The second-order valence-corrected chi connectivity index (χ2v) is 5.93. The molecule has 0 aromatic heterocycles. The predicted molar refractivity (Wildman–Crippen MR) is 89.5 cm³/mol. The van der Waals surface area contributed by atoms with E-state index in [1.165, 1.54) is 0 Å². The lowest BCUT2D eigenvalue weighted by Crippen LogP contribution is -2.24. The van der Waals surface area contributed by atoms with Gasteiger partial charge in [0.25, 0.3) is 5.91 Å². The van der Waals surface area contributed by atoms with Crippen molar-refractivity contribution in [2.45, 2.75) is 0 Å². The molecule has 6 heteroatoms. The molecule has 2 rings (SSSR count). The molecule has 1 N–H and O–H groups in total. The topological polar surface area (TPSA) is 50.7 Å². The van der Waals surface area contributed by atoms with Crippen molar-refractivity contribution < 1.29 is 9.53 Å². The van der Waals surface area contributed by atoms with Crippen LogP contribution in [0.15, 0.2) is 62.6 Å². The fourth-order valence-electron chi connectivity index (χ4n) is 1.50. The second kappa shape index (κ2) is 7.95. The number of nitrogens with zero attached hydrogens (tertiary/aromatic N) is 1. The summed E-state index contributed by atoms with van der Waals surface area (Å²) >= 11 is 6.70. The number of carbonyl (C=O) groups excluding carboxylic acids is 1. The van der Waals surface area contributed by atoms with Gasteiger partial charge in [-0.3, -0.25) is 4.79 Å². The molecule has 0 bridgehead atoms. The van der Waals surface area contributed by atoms with E-state index in [9.17, 15) is 4.79 Å². The Morgan fingerprint density at radius 1 is 1.14 bits per heavy atom. The largest absolute Gasteiger partial charge is 0.484 e. The number of carbonyl (C=O) groups is 1. The summed E-state index contributed by atoms with van der Waals surface area (Å²) < 4.78 is 7.20. The normalized spacial score (nSPS) is 10.6. The van der Waals surface area contributed by atoms with Gasteiger partial charge in [0.15, 0.2) is 6.61 Å². The molecule has 0 atom stereocenters. The fraction of sp³-hybridized carbons (Fsp3) is 0.0667. The van der Waals surface area contributed by atoms with Crippen LogP contribution in [0.3, 0.4) is 0 Å². The van der Waals surface area contributed by atoms with Crippen molar-refractivity contribution in [3.8, 4) is 5.75 Å². The standard InChI is InChI=1S/C15H12Br2N2O2/c16-12-4-1-3-11(7-12)9-18-19-15(20)10-21-14-6-2-5-13(17)8-14/h1-9H,10H2,(H,19,20)/b18-9-. The van der Waals surface area contributed by atoms with Gasteiger partial charge in [-0.1, -0.05) is 50.1 Å². The van der Waals surface area contributed by atoms with Gasteiger partial charge in [-0.05, 0) is 35.9 Å². The number of ether oxygens (including phenoxy) is 1. The zero-order valence-corrected chi connectivity index (χ0v) is 14.1. The van der Waals surface area contributed by atoms with Crippen molar-refractivity contribution in [1.29, 1.82) is 0 Å². The third kappa shape index (κ3) is 5.69. The summed E-state index contributed by atoms with van der Waals surface area (Å²) in [4.78, 5) is 11.6. The lowest BCUT2D eigenvalue weighted by Gasteiger charge is -2.05. The Hall–Kier alpha value is -1.66. The van der Waals surface area contributed by atoms with Crippen molar-refractivity contribution in [3.05, 3.63) is 63.0 Å². The first-order valence-electron chi connectivity index (χ1n) is 6.09. The second-order valence-electron chi connectivity index (χ2n) is 4.09. The molecule has 0 aliphatic carbocycles. The van der Waals surface area contributed by atoms with Gasteiger partial charge >= 0.3 is 0 Å². The molecule has 0 radical (unpaired) electrons. The van der Waals surface area contributed by atoms with E-state index in [-0.39, 0.29) is 12.5 Å². The van der Waals surface area contributed by atoms with E-state index >= 15 is 0 Å². The maximum Gasteiger partial charge on any atom is 0.277 e. The highest BCUT2D eigenvalue weighted by Gasteiger charge is 2.01. The van der Waals surface area contributed by atoms with Crippen molar-refractivity contribution in [2.75, 3.05) is 6.61 Å². The van der Waals surface area contributed by atoms with E-state index in [1.54, 1.807) is 18.3 Å². The molecule has 0 unspecified atom stereocenters. The molecule has 1 amide bonds. The van der Waals surface area contributed by atoms with Gasteiger partial charge in [-0.2, -0.15) is 5.10 Å². The molecule has 0 saturated carbocycles. The highest BCUT2D eigenvalue weighted by molar-refractivity contribution is 9.10. The lowest BCUT2D eigenvalue weighted by molar-refractivity contribution is -0.123. The first kappa shape index (κ1) is 15.7. The molecule has 0 aliphatic heterocycles. The van der Waals surface area contributed by atoms with Crippen molar-refractivity contribution in [1.82, 2.24) is 5.43 Å². The maximum absolute atomic E-state index is 11.6. The number of hydrazone groups is 1.